The van der Waals surface area contributed by atoms with Crippen LogP contribution in [-0.2, 0) is 22.6 Å². The molecule has 1 unspecified atom stereocenters. The minimum Gasteiger partial charge on any atom is -0.356 e. The standard InChI is InChI=1S/C39H37FN8O3/c40-28-5-1-4-26(19-28)31-7-3-17-46(31)36-15-14-34-41-20-33(48(34)44-36)30-6-2-8-35(42-30)45-21-25(22-45)10-9-24-11-12-29-27(18-24)23-47(39(29)51)32-13-16-37(49)43-38(32)50/h1-2,4-6,8,11-12,14-15,18-20,25,31-32H,3,7,9-10,13,16-17,21-23H2,(H,43,49,50)/t31-,32?/m1/s1. The SMILES string of the molecule is O=C1CCC(N2Cc3cc(CCC4CN(c5cccc(-c6cnc7ccc(N8CCC[C@@H]8c8cccc(F)c8)nn67)n5)C4)ccc3C2=O)C(=O)N1. The molecule has 3 fully saturated rings. The number of piperidine rings is 1. The number of hydrogen-bond acceptors (Lipinski definition) is 8. The fraction of sp³-hybridized carbons (Fsp3) is 0.333. The minimum absolute atomic E-state index is 0.0701. The Morgan fingerprint density at radius 1 is 0.882 bits per heavy atom. The summed E-state index contributed by atoms with van der Waals surface area (Å²) in [5.74, 6) is 1.24. The molecule has 4 aliphatic heterocycles. The van der Waals surface area contributed by atoms with Gasteiger partial charge >= 0.3 is 0 Å². The molecule has 258 valence electrons. The second-order valence-electron chi connectivity index (χ2n) is 14.1. The molecule has 7 heterocycles. The van der Waals surface area contributed by atoms with Crippen molar-refractivity contribution in [2.75, 3.05) is 29.4 Å². The van der Waals surface area contributed by atoms with E-state index in [9.17, 15) is 18.8 Å². The summed E-state index contributed by atoms with van der Waals surface area (Å²) < 4.78 is 15.9. The van der Waals surface area contributed by atoms with E-state index in [-0.39, 0.29) is 36.0 Å². The second-order valence-corrected chi connectivity index (χ2v) is 14.1. The molecule has 0 radical (unpaired) electrons. The zero-order chi connectivity index (χ0) is 34.6. The van der Waals surface area contributed by atoms with Crippen LogP contribution in [0.15, 0.2) is 79.0 Å². The van der Waals surface area contributed by atoms with Crippen LogP contribution >= 0.6 is 0 Å². The van der Waals surface area contributed by atoms with E-state index in [1.807, 2.05) is 59.2 Å². The van der Waals surface area contributed by atoms with Crippen molar-refractivity contribution < 1.29 is 18.8 Å². The van der Waals surface area contributed by atoms with E-state index >= 15 is 0 Å². The molecule has 2 aromatic carbocycles. The summed E-state index contributed by atoms with van der Waals surface area (Å²) in [6, 6.07) is 22.4. The van der Waals surface area contributed by atoms with Crippen LogP contribution in [0.2, 0.25) is 0 Å². The lowest BCUT2D eigenvalue weighted by molar-refractivity contribution is -0.136. The predicted octanol–water partition coefficient (Wildman–Crippen LogP) is 5.10. The summed E-state index contributed by atoms with van der Waals surface area (Å²) in [4.78, 5) is 52.8. The molecule has 9 rings (SSSR count). The van der Waals surface area contributed by atoms with Crippen molar-refractivity contribution >= 4 is 35.0 Å². The average molecular weight is 685 g/mol. The Hall–Kier alpha value is -5.65. The Kier molecular flexibility index (Phi) is 7.74. The van der Waals surface area contributed by atoms with Gasteiger partial charge in [-0.25, -0.2) is 18.9 Å². The number of nitrogens with one attached hydrogen (secondary N) is 1. The number of halogens is 1. The van der Waals surface area contributed by atoms with Gasteiger partial charge in [0.1, 0.15) is 29.2 Å². The Morgan fingerprint density at radius 2 is 1.76 bits per heavy atom. The second kappa shape index (κ2) is 12.6. The Bertz CT molecular complexity index is 2200. The minimum atomic E-state index is -0.601. The third-order valence-electron chi connectivity index (χ3n) is 10.8. The van der Waals surface area contributed by atoms with Gasteiger partial charge in [-0.2, -0.15) is 0 Å². The Morgan fingerprint density at radius 3 is 2.63 bits per heavy atom. The molecule has 2 atom stereocenters. The highest BCUT2D eigenvalue weighted by molar-refractivity contribution is 6.05. The zero-order valence-corrected chi connectivity index (χ0v) is 28.0. The van der Waals surface area contributed by atoms with Gasteiger partial charge in [-0.15, -0.1) is 5.10 Å². The van der Waals surface area contributed by atoms with Gasteiger partial charge in [0.05, 0.1) is 17.9 Å². The van der Waals surface area contributed by atoms with Crippen molar-refractivity contribution in [1.29, 1.82) is 0 Å². The van der Waals surface area contributed by atoms with Crippen molar-refractivity contribution in [3.8, 4) is 11.4 Å². The first-order chi connectivity index (χ1) is 24.9. The van der Waals surface area contributed by atoms with Crippen LogP contribution in [0.25, 0.3) is 17.0 Å². The number of nitrogens with zero attached hydrogens (tertiary/aromatic N) is 7. The maximum absolute atomic E-state index is 14.1. The fourth-order valence-corrected chi connectivity index (χ4v) is 8.13. The van der Waals surface area contributed by atoms with E-state index in [2.05, 4.69) is 26.2 Å². The number of carbonyl (C=O) groups excluding carboxylic acids is 3. The number of anilines is 2. The van der Waals surface area contributed by atoms with Crippen LogP contribution in [0, 0.1) is 11.7 Å². The molecule has 3 amide bonds. The quantitative estimate of drug-likeness (QED) is 0.225. The highest BCUT2D eigenvalue weighted by Gasteiger charge is 2.39. The highest BCUT2D eigenvalue weighted by atomic mass is 19.1. The fourth-order valence-electron chi connectivity index (χ4n) is 8.13. The number of hydrogen-bond donors (Lipinski definition) is 1. The van der Waals surface area contributed by atoms with Crippen LogP contribution in [-0.4, -0.2) is 67.9 Å². The number of amides is 3. The molecule has 12 heteroatoms. The summed E-state index contributed by atoms with van der Waals surface area (Å²) in [6.45, 7) is 3.07. The summed E-state index contributed by atoms with van der Waals surface area (Å²) in [5.41, 5.74) is 6.09. The van der Waals surface area contributed by atoms with Gasteiger partial charge in [-0.3, -0.25) is 19.7 Å². The molecule has 0 aliphatic carbocycles. The molecule has 0 bridgehead atoms. The molecule has 3 saturated heterocycles. The van der Waals surface area contributed by atoms with Gasteiger partial charge in [-0.1, -0.05) is 30.3 Å². The maximum Gasteiger partial charge on any atom is 0.255 e. The highest BCUT2D eigenvalue weighted by Crippen LogP contribution is 2.36. The molecule has 3 aromatic heterocycles. The van der Waals surface area contributed by atoms with Crippen LogP contribution in [0.4, 0.5) is 16.0 Å². The maximum atomic E-state index is 14.1. The van der Waals surface area contributed by atoms with Crippen molar-refractivity contribution in [2.24, 2.45) is 5.92 Å². The molecular weight excluding hydrogens is 647 g/mol. The monoisotopic (exact) mass is 684 g/mol. The molecule has 5 aromatic rings. The van der Waals surface area contributed by atoms with Crippen molar-refractivity contribution in [3.63, 3.8) is 0 Å². The van der Waals surface area contributed by atoms with Gasteiger partial charge in [0.2, 0.25) is 11.8 Å². The first kappa shape index (κ1) is 31.3. The lowest BCUT2D eigenvalue weighted by atomic mass is 9.91. The number of benzene rings is 2. The predicted molar refractivity (Wildman–Crippen MR) is 188 cm³/mol. The summed E-state index contributed by atoms with van der Waals surface area (Å²) in [7, 11) is 0. The van der Waals surface area contributed by atoms with Crippen molar-refractivity contribution in [1.82, 2.24) is 29.8 Å². The lowest BCUT2D eigenvalue weighted by Gasteiger charge is -2.40. The number of imide groups is 1. The largest absolute Gasteiger partial charge is 0.356 e. The lowest BCUT2D eigenvalue weighted by Crippen LogP contribution is -2.52. The number of aryl methyl sites for hydroxylation is 1. The summed E-state index contributed by atoms with van der Waals surface area (Å²) >= 11 is 0. The summed E-state index contributed by atoms with van der Waals surface area (Å²) in [6.07, 6.45) is 6.31. The Balaban J connectivity index is 0.844. The average Bonchev–Trinajstić information content (AvgIpc) is 3.85. The first-order valence-electron chi connectivity index (χ1n) is 17.7. The third kappa shape index (κ3) is 5.78. The number of aromatic nitrogens is 4. The van der Waals surface area contributed by atoms with Gasteiger partial charge in [0.15, 0.2) is 5.65 Å². The molecule has 0 spiro atoms. The third-order valence-corrected chi connectivity index (χ3v) is 10.8. The molecule has 11 nitrogen and oxygen atoms in total. The molecule has 4 aliphatic rings. The topological polar surface area (TPSA) is 116 Å². The molecular formula is C39H37FN8O3. The van der Waals surface area contributed by atoms with Crippen LogP contribution < -0.4 is 15.1 Å². The van der Waals surface area contributed by atoms with Crippen molar-refractivity contribution in [2.45, 2.75) is 57.2 Å². The first-order valence-corrected chi connectivity index (χ1v) is 17.7. The number of carbonyl (C=O) groups is 3. The van der Waals surface area contributed by atoms with E-state index in [4.69, 9.17) is 10.1 Å². The molecule has 1 N–H and O–H groups in total. The van der Waals surface area contributed by atoms with E-state index < -0.39 is 6.04 Å². The van der Waals surface area contributed by atoms with Gasteiger partial charge < -0.3 is 14.7 Å². The van der Waals surface area contributed by atoms with Crippen LogP contribution in [0.1, 0.15) is 65.2 Å². The number of fused-ring (bicyclic) bond motifs is 2. The zero-order valence-electron chi connectivity index (χ0n) is 28.0. The van der Waals surface area contributed by atoms with Crippen LogP contribution in [0.3, 0.4) is 0 Å². The van der Waals surface area contributed by atoms with E-state index in [1.165, 1.54) is 11.6 Å². The number of rotatable bonds is 8. The number of imidazole rings is 1. The smallest absolute Gasteiger partial charge is 0.255 e. The normalized spacial score (nSPS) is 20.6. The van der Waals surface area contributed by atoms with Gasteiger partial charge in [0.25, 0.3) is 5.91 Å². The van der Waals surface area contributed by atoms with Crippen molar-refractivity contribution in [3.05, 3.63) is 107 Å². The van der Waals surface area contributed by atoms with Gasteiger partial charge in [0, 0.05) is 38.2 Å². The van der Waals surface area contributed by atoms with Crippen LogP contribution in [0.5, 0.6) is 0 Å². The van der Waals surface area contributed by atoms with E-state index in [1.54, 1.807) is 17.0 Å². The summed E-state index contributed by atoms with van der Waals surface area (Å²) in [5, 5.41) is 7.37. The van der Waals surface area contributed by atoms with Gasteiger partial charge in [-0.05, 0) is 97.2 Å². The Labute approximate surface area is 294 Å². The van der Waals surface area contributed by atoms with E-state index in [0.29, 0.717) is 24.4 Å². The van der Waals surface area contributed by atoms with E-state index in [0.717, 1.165) is 85.1 Å². The molecule has 0 saturated carbocycles. The number of pyridine rings is 1. The molecule has 51 heavy (non-hydrogen) atoms.